The molecule has 20 heavy (non-hydrogen) atoms. The van der Waals surface area contributed by atoms with Crippen molar-refractivity contribution in [1.82, 2.24) is 5.32 Å². The predicted octanol–water partition coefficient (Wildman–Crippen LogP) is 4.26. The van der Waals surface area contributed by atoms with Crippen LogP contribution in [0.2, 0.25) is 0 Å². The third-order valence-corrected chi connectivity index (χ3v) is 4.25. The molecule has 1 heterocycles. The van der Waals surface area contributed by atoms with E-state index in [0.717, 1.165) is 6.54 Å². The highest BCUT2D eigenvalue weighted by molar-refractivity contribution is 5.50. The fraction of sp³-hybridized carbons (Fsp3) is 0.667. The lowest BCUT2D eigenvalue weighted by Crippen LogP contribution is -2.27. The summed E-state index contributed by atoms with van der Waals surface area (Å²) in [5, 5.41) is 3.51. The van der Waals surface area contributed by atoms with Crippen LogP contribution in [0.5, 0.6) is 0 Å². The summed E-state index contributed by atoms with van der Waals surface area (Å²) >= 11 is 0. The Hall–Kier alpha value is -1.02. The van der Waals surface area contributed by atoms with Crippen molar-refractivity contribution in [3.63, 3.8) is 0 Å². The van der Waals surface area contributed by atoms with Gasteiger partial charge >= 0.3 is 0 Å². The topological polar surface area (TPSA) is 15.3 Å². The quantitative estimate of drug-likeness (QED) is 0.882. The minimum Gasteiger partial charge on any atom is -0.372 e. The summed E-state index contributed by atoms with van der Waals surface area (Å²) in [6.45, 7) is 10.1. The molecule has 2 rings (SSSR count). The Balaban J connectivity index is 2.02. The minimum atomic E-state index is 0.545. The second kappa shape index (κ2) is 7.68. The van der Waals surface area contributed by atoms with E-state index in [1.165, 1.54) is 62.0 Å². The first-order valence-electron chi connectivity index (χ1n) is 8.24. The molecule has 1 aromatic rings. The Bertz CT molecular complexity index is 404. The van der Waals surface area contributed by atoms with Gasteiger partial charge in [-0.3, -0.25) is 0 Å². The molecule has 0 aliphatic carbocycles. The summed E-state index contributed by atoms with van der Waals surface area (Å²) in [5.74, 6) is 0. The molecule has 0 atom stereocenters. The summed E-state index contributed by atoms with van der Waals surface area (Å²) in [6, 6.07) is 7.53. The maximum absolute atomic E-state index is 3.51. The van der Waals surface area contributed by atoms with E-state index in [2.05, 4.69) is 49.2 Å². The van der Waals surface area contributed by atoms with E-state index in [-0.39, 0.29) is 0 Å². The van der Waals surface area contributed by atoms with Crippen molar-refractivity contribution >= 4 is 5.69 Å². The van der Waals surface area contributed by atoms with Crippen molar-refractivity contribution in [2.24, 2.45) is 0 Å². The summed E-state index contributed by atoms with van der Waals surface area (Å²) in [6.07, 6.45) is 6.90. The number of nitrogens with zero attached hydrogens (tertiary/aromatic N) is 1. The number of rotatable bonds is 4. The molecule has 1 aliphatic heterocycles. The molecule has 1 fully saturated rings. The summed E-state index contributed by atoms with van der Waals surface area (Å²) in [4.78, 5) is 2.58. The maximum atomic E-state index is 3.51. The highest BCUT2D eigenvalue weighted by Crippen LogP contribution is 2.22. The molecule has 1 aliphatic rings. The van der Waals surface area contributed by atoms with Gasteiger partial charge in [0.1, 0.15) is 0 Å². The molecule has 0 saturated carbocycles. The van der Waals surface area contributed by atoms with Gasteiger partial charge in [-0.05, 0) is 43.0 Å². The van der Waals surface area contributed by atoms with Crippen molar-refractivity contribution in [2.75, 3.05) is 18.0 Å². The zero-order valence-corrected chi connectivity index (χ0v) is 13.4. The molecular formula is C18H30N2. The molecule has 2 nitrogen and oxygen atoms in total. The van der Waals surface area contributed by atoms with Crippen molar-refractivity contribution in [3.8, 4) is 0 Å². The molecule has 1 N–H and O–H groups in total. The second-order valence-corrected chi connectivity index (χ2v) is 6.40. The average Bonchev–Trinajstić information content (AvgIpc) is 2.36. The number of benzene rings is 1. The summed E-state index contributed by atoms with van der Waals surface area (Å²) in [7, 11) is 0. The molecule has 0 aromatic heterocycles. The maximum Gasteiger partial charge on any atom is 0.0369 e. The Labute approximate surface area is 124 Å². The number of anilines is 1. The van der Waals surface area contributed by atoms with Gasteiger partial charge in [0.15, 0.2) is 0 Å². The smallest absolute Gasteiger partial charge is 0.0369 e. The fourth-order valence-corrected chi connectivity index (χ4v) is 2.89. The zero-order valence-electron chi connectivity index (χ0n) is 13.4. The van der Waals surface area contributed by atoms with Crippen LogP contribution >= 0.6 is 0 Å². The lowest BCUT2D eigenvalue weighted by atomic mass is 10.0. The largest absolute Gasteiger partial charge is 0.372 e. The molecule has 0 radical (unpaired) electrons. The van der Waals surface area contributed by atoms with Gasteiger partial charge in [-0.15, -0.1) is 0 Å². The van der Waals surface area contributed by atoms with Crippen molar-refractivity contribution < 1.29 is 0 Å². The van der Waals surface area contributed by atoms with Gasteiger partial charge < -0.3 is 10.2 Å². The molecule has 1 aromatic carbocycles. The minimum absolute atomic E-state index is 0.545. The number of hydrogen-bond donors (Lipinski definition) is 1. The predicted molar refractivity (Wildman–Crippen MR) is 88.5 cm³/mol. The highest BCUT2D eigenvalue weighted by Gasteiger charge is 2.10. The van der Waals surface area contributed by atoms with Gasteiger partial charge in [0.2, 0.25) is 0 Å². The standard InChI is InChI=1S/C18H30N2/c1-15(2)19-14-17-9-10-18(13-16(17)3)20-11-7-5-4-6-8-12-20/h9-10,13,15,19H,4-8,11-12,14H2,1-3H3. The number of hydrogen-bond acceptors (Lipinski definition) is 2. The number of aryl methyl sites for hydroxylation is 1. The Kier molecular flexibility index (Phi) is 5.90. The van der Waals surface area contributed by atoms with E-state index in [4.69, 9.17) is 0 Å². The van der Waals surface area contributed by atoms with Crippen LogP contribution in [0.4, 0.5) is 5.69 Å². The van der Waals surface area contributed by atoms with E-state index >= 15 is 0 Å². The molecule has 0 spiro atoms. The van der Waals surface area contributed by atoms with Crippen molar-refractivity contribution in [1.29, 1.82) is 0 Å². The molecule has 0 amide bonds. The van der Waals surface area contributed by atoms with Crippen LogP contribution < -0.4 is 10.2 Å². The second-order valence-electron chi connectivity index (χ2n) is 6.40. The molecule has 1 saturated heterocycles. The Morgan fingerprint density at radius 1 is 1.05 bits per heavy atom. The number of nitrogens with one attached hydrogen (secondary N) is 1. The van der Waals surface area contributed by atoms with Crippen molar-refractivity contribution in [2.45, 2.75) is 65.5 Å². The van der Waals surface area contributed by atoms with Crippen LogP contribution in [0.1, 0.15) is 57.1 Å². The first-order chi connectivity index (χ1) is 9.66. The van der Waals surface area contributed by atoms with Crippen LogP contribution in [0.25, 0.3) is 0 Å². The van der Waals surface area contributed by atoms with Gasteiger partial charge in [0, 0.05) is 31.4 Å². The third kappa shape index (κ3) is 4.52. The van der Waals surface area contributed by atoms with E-state index in [1.54, 1.807) is 0 Å². The lowest BCUT2D eigenvalue weighted by Gasteiger charge is -2.27. The molecular weight excluding hydrogens is 244 g/mol. The first-order valence-corrected chi connectivity index (χ1v) is 8.24. The fourth-order valence-electron chi connectivity index (χ4n) is 2.89. The van der Waals surface area contributed by atoms with Gasteiger partial charge in [0.25, 0.3) is 0 Å². The van der Waals surface area contributed by atoms with Gasteiger partial charge in [-0.2, -0.15) is 0 Å². The highest BCUT2D eigenvalue weighted by atomic mass is 15.1. The molecule has 0 unspecified atom stereocenters. The van der Waals surface area contributed by atoms with E-state index < -0.39 is 0 Å². The van der Waals surface area contributed by atoms with Gasteiger partial charge in [0.05, 0.1) is 0 Å². The summed E-state index contributed by atoms with van der Waals surface area (Å²) in [5.41, 5.74) is 4.25. The lowest BCUT2D eigenvalue weighted by molar-refractivity contribution is 0.556. The third-order valence-electron chi connectivity index (χ3n) is 4.25. The molecule has 0 bridgehead atoms. The molecule has 2 heteroatoms. The SMILES string of the molecule is Cc1cc(N2CCCCCCC2)ccc1CNC(C)C. The van der Waals surface area contributed by atoms with E-state index in [1.807, 2.05) is 0 Å². The van der Waals surface area contributed by atoms with Gasteiger partial charge in [-0.25, -0.2) is 0 Å². The Morgan fingerprint density at radius 2 is 1.70 bits per heavy atom. The van der Waals surface area contributed by atoms with Gasteiger partial charge in [-0.1, -0.05) is 39.2 Å². The van der Waals surface area contributed by atoms with Crippen LogP contribution in [0.3, 0.4) is 0 Å². The van der Waals surface area contributed by atoms with Crippen LogP contribution in [0, 0.1) is 6.92 Å². The monoisotopic (exact) mass is 274 g/mol. The zero-order chi connectivity index (χ0) is 14.4. The van der Waals surface area contributed by atoms with Crippen LogP contribution in [-0.4, -0.2) is 19.1 Å². The Morgan fingerprint density at radius 3 is 2.30 bits per heavy atom. The average molecular weight is 274 g/mol. The normalized spacial score (nSPS) is 17.1. The van der Waals surface area contributed by atoms with Crippen molar-refractivity contribution in [3.05, 3.63) is 29.3 Å². The molecule has 112 valence electrons. The summed E-state index contributed by atoms with van der Waals surface area (Å²) < 4.78 is 0. The van der Waals surface area contributed by atoms with Crippen LogP contribution in [0.15, 0.2) is 18.2 Å². The van der Waals surface area contributed by atoms with Crippen LogP contribution in [-0.2, 0) is 6.54 Å². The van der Waals surface area contributed by atoms with E-state index in [0.29, 0.717) is 6.04 Å². The first kappa shape index (κ1) is 15.4. The van der Waals surface area contributed by atoms with E-state index in [9.17, 15) is 0 Å².